The minimum atomic E-state index is -3.70. The van der Waals surface area contributed by atoms with Crippen molar-refractivity contribution in [2.75, 3.05) is 11.4 Å². The minimum absolute atomic E-state index is 0.0821. The van der Waals surface area contributed by atoms with Crippen molar-refractivity contribution in [1.29, 1.82) is 0 Å². The number of carbonyl (C=O) groups is 2. The number of primary amides is 1. The van der Waals surface area contributed by atoms with Crippen molar-refractivity contribution < 1.29 is 25.7 Å². The number of nitrogens with zero attached hydrogens (tertiary/aromatic N) is 2. The average Bonchev–Trinajstić information content (AvgIpc) is 2.81. The summed E-state index contributed by atoms with van der Waals surface area (Å²) in [4.78, 5) is 25.8. The number of thiocarbonyl (C=S) groups is 1. The predicted octanol–water partition coefficient (Wildman–Crippen LogP) is 0.491. The minimum Gasteiger partial charge on any atom is -0.381 e. The van der Waals surface area contributed by atoms with Gasteiger partial charge in [-0.25, -0.2) is 0 Å². The number of rotatable bonds is 5. The van der Waals surface area contributed by atoms with Crippen molar-refractivity contribution in [3.8, 4) is 0 Å². The van der Waals surface area contributed by atoms with Crippen LogP contribution in [0.5, 0.6) is 0 Å². The molecule has 2 rings (SSSR count). The second-order valence-electron chi connectivity index (χ2n) is 4.51. The molecule has 0 bridgehead atoms. The lowest BCUT2D eigenvalue weighted by atomic mass is 10.0. The lowest BCUT2D eigenvalue weighted by Crippen LogP contribution is -2.46. The summed E-state index contributed by atoms with van der Waals surface area (Å²) in [5, 5.41) is 9.37. The van der Waals surface area contributed by atoms with Crippen LogP contribution in [-0.4, -0.2) is 45.6 Å². The summed E-state index contributed by atoms with van der Waals surface area (Å²) in [5.74, 6) is -6.39. The quantitative estimate of drug-likeness (QED) is 0.768. The van der Waals surface area contributed by atoms with Crippen LogP contribution in [0.1, 0.15) is 24.7 Å². The predicted molar refractivity (Wildman–Crippen MR) is 87.1 cm³/mol. The highest BCUT2D eigenvalue weighted by molar-refractivity contribution is 7.80. The Morgan fingerprint density at radius 1 is 1.55 bits per heavy atom. The van der Waals surface area contributed by atoms with E-state index < -0.39 is 55.2 Å². The van der Waals surface area contributed by atoms with Crippen LogP contribution in [0.15, 0.2) is 30.3 Å². The maximum atomic E-state index is 13.3. The Kier molecular flexibility index (Phi) is 2.50. The first-order valence-corrected chi connectivity index (χ1v) is 6.61. The number of carbonyl (C=O) groups excluding carboxylic acids is 2. The molecule has 1 aliphatic heterocycles. The Labute approximate surface area is 145 Å². The molecule has 0 saturated carbocycles. The molecule has 1 aromatic carbocycles. The molecule has 1 aliphatic rings. The Morgan fingerprint density at radius 3 is 2.73 bits per heavy atom. The summed E-state index contributed by atoms with van der Waals surface area (Å²) < 4.78 is 63.3. The monoisotopic (exact) mass is 329 g/mol. The summed E-state index contributed by atoms with van der Waals surface area (Å²) in [6, 6.07) is 4.09. The fourth-order valence-electron chi connectivity index (χ4n) is 2.00. The van der Waals surface area contributed by atoms with E-state index in [1.165, 1.54) is 24.3 Å². The van der Waals surface area contributed by atoms with E-state index in [9.17, 15) is 14.7 Å². The fourth-order valence-corrected chi connectivity index (χ4v) is 2.36. The molecule has 2 atom stereocenters. The lowest BCUT2D eigenvalue weighted by molar-refractivity contribution is -0.128. The summed E-state index contributed by atoms with van der Waals surface area (Å²) in [6.07, 6.45) is -2.02. The number of anilines is 1. The van der Waals surface area contributed by atoms with Gasteiger partial charge in [0.1, 0.15) is 12.1 Å². The third-order valence-corrected chi connectivity index (χ3v) is 3.44. The van der Waals surface area contributed by atoms with Crippen molar-refractivity contribution in [2.24, 2.45) is 11.6 Å². The highest BCUT2D eigenvalue weighted by Gasteiger charge is 2.45. The van der Waals surface area contributed by atoms with Crippen LogP contribution in [0, 0.1) is 5.89 Å². The van der Waals surface area contributed by atoms with Crippen LogP contribution in [0.3, 0.4) is 0 Å². The smallest absolute Gasteiger partial charge is 0.256 e. The fraction of sp³-hybridized carbons (Fsp3) is 0.400. The summed E-state index contributed by atoms with van der Waals surface area (Å²) in [6.45, 7) is -8.28. The van der Waals surface area contributed by atoms with Crippen molar-refractivity contribution in [3.63, 3.8) is 0 Å². The first-order chi connectivity index (χ1) is 13.5. The number of para-hydroxylation sites is 1. The van der Waals surface area contributed by atoms with E-state index in [1.807, 2.05) is 0 Å². The number of hydrogen-bond donors (Lipinski definition) is 2. The SMILES string of the molecule is [2H]C([2H])([2H])C([2H])(C([2H])([2H])[2H])[C@@]1([2H])C(=O)N(c2ccccc2)C(=S)N1CC(O)C(N)=O. The van der Waals surface area contributed by atoms with Gasteiger partial charge in [0, 0.05) is 9.60 Å². The van der Waals surface area contributed by atoms with Gasteiger partial charge in [-0.1, -0.05) is 31.9 Å². The first kappa shape index (κ1) is 8.59. The molecule has 1 saturated heterocycles. The van der Waals surface area contributed by atoms with Gasteiger partial charge < -0.3 is 15.7 Å². The van der Waals surface area contributed by atoms with Crippen LogP contribution in [0.4, 0.5) is 5.69 Å². The van der Waals surface area contributed by atoms with Gasteiger partial charge in [-0.15, -0.1) is 0 Å². The largest absolute Gasteiger partial charge is 0.381 e. The molecular formula is C15H19N3O3S. The number of aliphatic hydroxyl groups excluding tert-OH is 1. The molecule has 1 unspecified atom stereocenters. The van der Waals surface area contributed by atoms with E-state index in [-0.39, 0.29) is 5.69 Å². The number of amides is 2. The van der Waals surface area contributed by atoms with Crippen molar-refractivity contribution in [1.82, 2.24) is 4.90 Å². The molecule has 0 aromatic heterocycles. The van der Waals surface area contributed by atoms with Crippen molar-refractivity contribution in [2.45, 2.75) is 25.8 Å². The van der Waals surface area contributed by atoms with E-state index in [0.717, 1.165) is 0 Å². The van der Waals surface area contributed by atoms with E-state index in [2.05, 4.69) is 0 Å². The molecule has 3 N–H and O–H groups in total. The van der Waals surface area contributed by atoms with Gasteiger partial charge in [-0.2, -0.15) is 0 Å². The van der Waals surface area contributed by atoms with E-state index in [4.69, 9.17) is 28.9 Å². The third-order valence-electron chi connectivity index (χ3n) is 3.03. The zero-order valence-corrected chi connectivity index (χ0v) is 12.1. The Bertz CT molecular complexity index is 849. The Hall–Kier alpha value is -1.99. The molecule has 1 heterocycles. The molecule has 1 aromatic rings. The number of nitrogens with two attached hydrogens (primary N) is 1. The average molecular weight is 329 g/mol. The summed E-state index contributed by atoms with van der Waals surface area (Å²) in [7, 11) is 0. The molecule has 2 amide bonds. The van der Waals surface area contributed by atoms with Crippen LogP contribution >= 0.6 is 12.2 Å². The van der Waals surface area contributed by atoms with E-state index in [0.29, 0.717) is 9.80 Å². The molecule has 7 heteroatoms. The number of β-amino-alcohol motifs (C(OH)–C–C–N with tert-alkyl or cyclic N) is 1. The molecule has 0 aliphatic carbocycles. The van der Waals surface area contributed by atoms with Gasteiger partial charge in [-0.05, 0) is 30.2 Å². The van der Waals surface area contributed by atoms with Gasteiger partial charge in [0.2, 0.25) is 5.91 Å². The van der Waals surface area contributed by atoms with Crippen LogP contribution in [-0.2, 0) is 9.59 Å². The van der Waals surface area contributed by atoms with Gasteiger partial charge in [0.05, 0.1) is 13.6 Å². The third kappa shape index (κ3) is 2.95. The molecule has 6 nitrogen and oxygen atoms in total. The Morgan fingerprint density at radius 2 is 2.18 bits per heavy atom. The van der Waals surface area contributed by atoms with Gasteiger partial charge in [0.15, 0.2) is 5.11 Å². The van der Waals surface area contributed by atoms with Gasteiger partial charge in [-0.3, -0.25) is 14.5 Å². The molecular weight excluding hydrogens is 302 g/mol. The Balaban J connectivity index is 2.80. The van der Waals surface area contributed by atoms with Crippen LogP contribution in [0.2, 0.25) is 0 Å². The molecule has 1 fully saturated rings. The van der Waals surface area contributed by atoms with E-state index >= 15 is 0 Å². The number of aliphatic hydroxyl groups is 1. The second-order valence-corrected chi connectivity index (χ2v) is 4.88. The lowest BCUT2D eigenvalue weighted by Gasteiger charge is -2.27. The molecule has 0 spiro atoms. The standard InChI is InChI=1S/C15H19N3O3S/c1-9(2)12-14(21)18(10-6-4-3-5-7-10)15(22)17(12)8-11(19)13(16)20/h3-7,9,11-12,19H,8H2,1-2H3,(H2,16,20)/t11?,12-/m0/s1/i1D3,2D3,9D,12D. The number of benzene rings is 1. The van der Waals surface area contributed by atoms with Crippen LogP contribution < -0.4 is 10.6 Å². The van der Waals surface area contributed by atoms with Gasteiger partial charge >= 0.3 is 0 Å². The topological polar surface area (TPSA) is 86.9 Å². The highest BCUT2D eigenvalue weighted by atomic mass is 32.1. The second kappa shape index (κ2) is 6.41. The van der Waals surface area contributed by atoms with Crippen molar-refractivity contribution >= 4 is 34.8 Å². The highest BCUT2D eigenvalue weighted by Crippen LogP contribution is 2.28. The molecule has 118 valence electrons. The summed E-state index contributed by atoms with van der Waals surface area (Å²) in [5.41, 5.74) is 5.10. The van der Waals surface area contributed by atoms with Gasteiger partial charge in [0.25, 0.3) is 5.91 Å². The van der Waals surface area contributed by atoms with Crippen LogP contribution in [0.25, 0.3) is 0 Å². The molecule has 22 heavy (non-hydrogen) atoms. The zero-order valence-electron chi connectivity index (χ0n) is 19.3. The summed E-state index contributed by atoms with van der Waals surface area (Å²) >= 11 is 5.19. The maximum Gasteiger partial charge on any atom is 0.256 e. The molecule has 0 radical (unpaired) electrons. The zero-order chi connectivity index (χ0) is 23.3. The normalized spacial score (nSPS) is 30.2. The van der Waals surface area contributed by atoms with Crippen molar-refractivity contribution in [3.05, 3.63) is 30.3 Å². The first-order valence-electron chi connectivity index (χ1n) is 10.2. The maximum absolute atomic E-state index is 13.3. The van der Waals surface area contributed by atoms with E-state index in [1.54, 1.807) is 6.07 Å². The number of hydrogen-bond acceptors (Lipinski definition) is 4.